The molecule has 3 aromatic carbocycles. The first-order valence-electron chi connectivity index (χ1n) is 11.2. The number of para-hydroxylation sites is 2. The number of hydrogen-bond donors (Lipinski definition) is 1. The zero-order chi connectivity index (χ0) is 24.3. The number of aromatic nitrogens is 2. The van der Waals surface area contributed by atoms with Crippen molar-refractivity contribution in [3.63, 3.8) is 0 Å². The van der Waals surface area contributed by atoms with E-state index in [1.54, 1.807) is 49.0 Å². The van der Waals surface area contributed by atoms with Crippen molar-refractivity contribution in [2.75, 3.05) is 5.32 Å². The highest BCUT2D eigenvalue weighted by molar-refractivity contribution is 5.98. The first-order valence-corrected chi connectivity index (χ1v) is 11.2. The number of anilines is 1. The number of imidazole rings is 1. The Balaban J connectivity index is 1.55. The molecular weight excluding hydrogens is 446 g/mol. The minimum absolute atomic E-state index is 0.163. The number of fused-ring (bicyclic) bond motifs is 4. The number of amides is 1. The van der Waals surface area contributed by atoms with Crippen LogP contribution in [-0.2, 0) is 18.9 Å². The van der Waals surface area contributed by atoms with E-state index in [0.29, 0.717) is 33.5 Å². The van der Waals surface area contributed by atoms with Crippen LogP contribution in [0.15, 0.2) is 86.8 Å². The number of ether oxygens (including phenoxy) is 1. The number of carbonyl (C=O) groups is 1. The highest BCUT2D eigenvalue weighted by Crippen LogP contribution is 2.45. The van der Waals surface area contributed by atoms with E-state index in [1.165, 1.54) is 4.57 Å². The Hall–Kier alpha value is -4.59. The van der Waals surface area contributed by atoms with Crippen LogP contribution in [0.2, 0.25) is 0 Å². The predicted octanol–water partition coefficient (Wildman–Crippen LogP) is 3.52. The smallest absolute Gasteiger partial charge is 0.344 e. The van der Waals surface area contributed by atoms with Crippen LogP contribution in [0.1, 0.15) is 17.0 Å². The number of nitrogens with one attached hydrogen (secondary N) is 1. The summed E-state index contributed by atoms with van der Waals surface area (Å²) >= 11 is 0. The van der Waals surface area contributed by atoms with Crippen molar-refractivity contribution in [3.8, 4) is 5.75 Å². The van der Waals surface area contributed by atoms with Gasteiger partial charge < -0.3 is 14.5 Å². The Labute approximate surface area is 199 Å². The average Bonchev–Trinajstić information content (AvgIpc) is 3.38. The van der Waals surface area contributed by atoms with E-state index in [4.69, 9.17) is 9.15 Å². The Morgan fingerprint density at radius 2 is 1.60 bits per heavy atom. The molecule has 8 heteroatoms. The first kappa shape index (κ1) is 21.0. The van der Waals surface area contributed by atoms with Crippen molar-refractivity contribution in [2.45, 2.75) is 12.0 Å². The van der Waals surface area contributed by atoms with Crippen LogP contribution in [0.3, 0.4) is 0 Å². The van der Waals surface area contributed by atoms with Crippen LogP contribution < -0.4 is 21.4 Å². The summed E-state index contributed by atoms with van der Waals surface area (Å²) in [5.74, 6) is -0.769. The topological polar surface area (TPSA) is 95.5 Å². The number of benzene rings is 3. The molecule has 2 atom stereocenters. The molecular formula is C27H21N3O5. The molecule has 6 rings (SSSR count). The second-order valence-corrected chi connectivity index (χ2v) is 8.65. The van der Waals surface area contributed by atoms with Gasteiger partial charge in [0.2, 0.25) is 0 Å². The first-order chi connectivity index (χ1) is 16.9. The third-order valence-electron chi connectivity index (χ3n) is 6.61. The molecule has 174 valence electrons. The lowest BCUT2D eigenvalue weighted by atomic mass is 9.88. The van der Waals surface area contributed by atoms with Crippen LogP contribution in [0.5, 0.6) is 5.75 Å². The van der Waals surface area contributed by atoms with Gasteiger partial charge in [0.1, 0.15) is 11.3 Å². The molecule has 1 aliphatic heterocycles. The van der Waals surface area contributed by atoms with Gasteiger partial charge in [0.05, 0.1) is 27.9 Å². The van der Waals surface area contributed by atoms with Crippen molar-refractivity contribution in [1.29, 1.82) is 0 Å². The number of rotatable bonds is 3. The molecule has 0 saturated heterocycles. The minimum Gasteiger partial charge on any atom is -0.478 e. The maximum atomic E-state index is 13.5. The lowest BCUT2D eigenvalue weighted by Crippen LogP contribution is -2.35. The fourth-order valence-corrected chi connectivity index (χ4v) is 4.88. The number of hydrogen-bond acceptors (Lipinski definition) is 5. The number of aryl methyl sites for hydroxylation is 2. The Kier molecular flexibility index (Phi) is 4.63. The molecule has 0 spiro atoms. The van der Waals surface area contributed by atoms with Gasteiger partial charge in [0, 0.05) is 19.8 Å². The van der Waals surface area contributed by atoms with Crippen molar-refractivity contribution in [3.05, 3.63) is 105 Å². The van der Waals surface area contributed by atoms with E-state index >= 15 is 0 Å². The Morgan fingerprint density at radius 3 is 2.40 bits per heavy atom. The SMILES string of the molecule is Cn1c(=O)n(C)c2cc([C@H]3c4c(c5ccccc5oc4=O)O[C@H]3C(=O)Nc3ccccc3)ccc21. The predicted molar refractivity (Wildman–Crippen MR) is 132 cm³/mol. The molecule has 3 heterocycles. The van der Waals surface area contributed by atoms with E-state index in [2.05, 4.69) is 5.32 Å². The average molecular weight is 467 g/mol. The molecule has 0 bridgehead atoms. The van der Waals surface area contributed by atoms with E-state index < -0.39 is 17.6 Å². The van der Waals surface area contributed by atoms with Gasteiger partial charge in [-0.1, -0.05) is 36.4 Å². The molecule has 1 aliphatic rings. The highest BCUT2D eigenvalue weighted by atomic mass is 16.5. The molecule has 0 radical (unpaired) electrons. The number of nitrogens with zero attached hydrogens (tertiary/aromatic N) is 2. The molecule has 1 amide bonds. The van der Waals surface area contributed by atoms with Gasteiger partial charge in [-0.15, -0.1) is 0 Å². The standard InChI is InChI=1S/C27H21N3O5/c1-29-18-13-12-15(14-19(18)30(2)27(29)33)21-22-23(17-10-6-7-11-20(17)34-26(22)32)35-24(21)25(31)28-16-8-4-3-5-9-16/h3-14,21,24H,1-2H3,(H,28,31)/t21-,24+/m0/s1. The minimum atomic E-state index is -1.02. The van der Waals surface area contributed by atoms with Crippen LogP contribution >= 0.6 is 0 Å². The van der Waals surface area contributed by atoms with Gasteiger partial charge in [-0.25, -0.2) is 9.59 Å². The summed E-state index contributed by atoms with van der Waals surface area (Å²) in [6.45, 7) is 0. The zero-order valence-corrected chi connectivity index (χ0v) is 19.0. The molecule has 0 saturated carbocycles. The molecule has 1 N–H and O–H groups in total. The Morgan fingerprint density at radius 1 is 0.886 bits per heavy atom. The van der Waals surface area contributed by atoms with E-state index in [1.807, 2.05) is 42.5 Å². The van der Waals surface area contributed by atoms with Crippen molar-refractivity contribution in [1.82, 2.24) is 9.13 Å². The van der Waals surface area contributed by atoms with Gasteiger partial charge >= 0.3 is 11.3 Å². The Bertz CT molecular complexity index is 1750. The fourth-order valence-electron chi connectivity index (χ4n) is 4.88. The summed E-state index contributed by atoms with van der Waals surface area (Å²) in [6, 6.07) is 21.6. The highest BCUT2D eigenvalue weighted by Gasteiger charge is 2.44. The summed E-state index contributed by atoms with van der Waals surface area (Å²) in [4.78, 5) is 39.1. The molecule has 5 aromatic rings. The lowest BCUT2D eigenvalue weighted by molar-refractivity contribution is -0.122. The summed E-state index contributed by atoms with van der Waals surface area (Å²) in [5.41, 5.74) is 2.69. The van der Waals surface area contributed by atoms with Gasteiger partial charge in [0.15, 0.2) is 6.10 Å². The summed E-state index contributed by atoms with van der Waals surface area (Å²) in [7, 11) is 3.39. The summed E-state index contributed by atoms with van der Waals surface area (Å²) in [6.07, 6.45) is -1.02. The molecule has 8 nitrogen and oxygen atoms in total. The normalized spacial score (nSPS) is 16.9. The van der Waals surface area contributed by atoms with Crippen molar-refractivity contribution >= 4 is 33.6 Å². The van der Waals surface area contributed by atoms with Gasteiger partial charge in [-0.2, -0.15) is 0 Å². The van der Waals surface area contributed by atoms with Gasteiger partial charge in [0.25, 0.3) is 5.91 Å². The van der Waals surface area contributed by atoms with Gasteiger partial charge in [-0.05, 0) is 42.0 Å². The number of carbonyl (C=O) groups excluding carboxylic acids is 1. The third-order valence-corrected chi connectivity index (χ3v) is 6.61. The maximum Gasteiger partial charge on any atom is 0.344 e. The monoisotopic (exact) mass is 467 g/mol. The third kappa shape index (κ3) is 3.18. The zero-order valence-electron chi connectivity index (χ0n) is 19.0. The van der Waals surface area contributed by atoms with Crippen LogP contribution in [-0.4, -0.2) is 21.1 Å². The largest absolute Gasteiger partial charge is 0.478 e. The van der Waals surface area contributed by atoms with E-state index in [0.717, 1.165) is 5.52 Å². The molecule has 2 aromatic heterocycles. The lowest BCUT2D eigenvalue weighted by Gasteiger charge is -2.19. The van der Waals surface area contributed by atoms with Crippen LogP contribution in [0.4, 0.5) is 5.69 Å². The molecule has 0 unspecified atom stereocenters. The quantitative estimate of drug-likeness (QED) is 0.410. The molecule has 0 aliphatic carbocycles. The second-order valence-electron chi connectivity index (χ2n) is 8.65. The molecule has 35 heavy (non-hydrogen) atoms. The summed E-state index contributed by atoms with van der Waals surface area (Å²) < 4.78 is 14.9. The summed E-state index contributed by atoms with van der Waals surface area (Å²) in [5, 5.41) is 3.51. The molecule has 0 fully saturated rings. The maximum absolute atomic E-state index is 13.5. The van der Waals surface area contributed by atoms with E-state index in [-0.39, 0.29) is 17.2 Å². The van der Waals surface area contributed by atoms with E-state index in [9.17, 15) is 14.4 Å². The van der Waals surface area contributed by atoms with Crippen molar-refractivity contribution in [2.24, 2.45) is 14.1 Å². The van der Waals surface area contributed by atoms with Crippen LogP contribution in [0, 0.1) is 0 Å². The second kappa shape index (κ2) is 7.73. The van der Waals surface area contributed by atoms with Crippen LogP contribution in [0.25, 0.3) is 22.0 Å². The van der Waals surface area contributed by atoms with Gasteiger partial charge in [-0.3, -0.25) is 13.9 Å². The van der Waals surface area contributed by atoms with Crippen molar-refractivity contribution < 1.29 is 13.9 Å². The fraction of sp³-hybridized carbons (Fsp3) is 0.148.